The van der Waals surface area contributed by atoms with Crippen LogP contribution in [-0.2, 0) is 9.31 Å². The van der Waals surface area contributed by atoms with Crippen LogP contribution in [0.25, 0.3) is 0 Å². The van der Waals surface area contributed by atoms with Crippen molar-refractivity contribution in [3.63, 3.8) is 0 Å². The Morgan fingerprint density at radius 1 is 1.15 bits per heavy atom. The van der Waals surface area contributed by atoms with Gasteiger partial charge in [0.05, 0.1) is 11.2 Å². The monoisotopic (exact) mass is 273 g/mol. The molecule has 2 fully saturated rings. The third kappa shape index (κ3) is 2.19. The number of hydrogen-bond donors (Lipinski definition) is 0. The molecule has 2 heterocycles. The molecule has 3 nitrogen and oxygen atoms in total. The highest BCUT2D eigenvalue weighted by Crippen LogP contribution is 2.38. The van der Waals surface area contributed by atoms with E-state index < -0.39 is 0 Å². The van der Waals surface area contributed by atoms with Crippen molar-refractivity contribution in [3.8, 4) is 0 Å². The van der Waals surface area contributed by atoms with Crippen molar-refractivity contribution in [1.29, 1.82) is 0 Å². The quantitative estimate of drug-likeness (QED) is 0.776. The average Bonchev–Trinajstić information content (AvgIpc) is 2.48. The summed E-state index contributed by atoms with van der Waals surface area (Å²) >= 11 is 0. The van der Waals surface area contributed by atoms with Crippen molar-refractivity contribution in [2.24, 2.45) is 0 Å². The zero-order chi connectivity index (χ0) is 14.5. The molecule has 0 bridgehead atoms. The summed E-state index contributed by atoms with van der Waals surface area (Å²) in [5, 5.41) is 0. The van der Waals surface area contributed by atoms with Gasteiger partial charge in [-0.3, -0.25) is 4.98 Å². The lowest BCUT2D eigenvalue weighted by Gasteiger charge is -2.32. The summed E-state index contributed by atoms with van der Waals surface area (Å²) in [6.45, 7) is 10.5. The highest BCUT2D eigenvalue weighted by Gasteiger charge is 2.52. The van der Waals surface area contributed by atoms with Crippen LogP contribution in [0, 0.1) is 6.92 Å². The predicted molar refractivity (Wildman–Crippen MR) is 81.3 cm³/mol. The van der Waals surface area contributed by atoms with Gasteiger partial charge in [0.15, 0.2) is 0 Å². The molecule has 1 aliphatic carbocycles. The Bertz CT molecular complexity index is 507. The second-order valence-corrected chi connectivity index (χ2v) is 7.18. The molecule has 0 spiro atoms. The van der Waals surface area contributed by atoms with Gasteiger partial charge in [-0.1, -0.05) is 6.42 Å². The number of aromatic nitrogens is 1. The van der Waals surface area contributed by atoms with Crippen molar-refractivity contribution < 1.29 is 9.31 Å². The molecular weight excluding hydrogens is 249 g/mol. The maximum absolute atomic E-state index is 6.17. The minimum atomic E-state index is -0.288. The van der Waals surface area contributed by atoms with E-state index >= 15 is 0 Å². The summed E-state index contributed by atoms with van der Waals surface area (Å²) in [6, 6.07) is 2.20. The molecule has 1 aromatic heterocycles. The Labute approximate surface area is 122 Å². The minimum Gasteiger partial charge on any atom is -0.399 e. The first-order chi connectivity index (χ1) is 9.30. The van der Waals surface area contributed by atoms with E-state index in [1.165, 1.54) is 25.0 Å². The lowest BCUT2D eigenvalue weighted by atomic mass is 9.74. The van der Waals surface area contributed by atoms with Gasteiger partial charge in [-0.2, -0.15) is 0 Å². The zero-order valence-corrected chi connectivity index (χ0v) is 13.2. The summed E-state index contributed by atoms with van der Waals surface area (Å²) in [6.07, 6.45) is 5.82. The third-order valence-corrected chi connectivity index (χ3v) is 5.20. The van der Waals surface area contributed by atoms with Gasteiger partial charge in [0.2, 0.25) is 0 Å². The maximum Gasteiger partial charge on any atom is 0.495 e. The summed E-state index contributed by atoms with van der Waals surface area (Å²) in [4.78, 5) is 4.59. The van der Waals surface area contributed by atoms with Crippen LogP contribution in [0.3, 0.4) is 0 Å². The molecule has 0 unspecified atom stereocenters. The van der Waals surface area contributed by atoms with Gasteiger partial charge >= 0.3 is 7.12 Å². The second-order valence-electron chi connectivity index (χ2n) is 7.18. The number of pyridine rings is 1. The Hall–Kier alpha value is -0.865. The van der Waals surface area contributed by atoms with E-state index in [-0.39, 0.29) is 18.3 Å². The molecule has 0 radical (unpaired) electrons. The molecule has 0 aromatic carbocycles. The first kappa shape index (κ1) is 14.1. The smallest absolute Gasteiger partial charge is 0.399 e. The van der Waals surface area contributed by atoms with E-state index in [2.05, 4.69) is 45.7 Å². The highest BCUT2D eigenvalue weighted by atomic mass is 16.7. The fourth-order valence-electron chi connectivity index (χ4n) is 2.71. The van der Waals surface area contributed by atoms with Gasteiger partial charge in [-0.05, 0) is 64.6 Å². The summed E-state index contributed by atoms with van der Waals surface area (Å²) in [7, 11) is -0.276. The van der Waals surface area contributed by atoms with Crippen LogP contribution in [0.2, 0.25) is 0 Å². The molecule has 1 aromatic rings. The number of rotatable bonds is 2. The van der Waals surface area contributed by atoms with Gasteiger partial charge in [-0.25, -0.2) is 0 Å². The van der Waals surface area contributed by atoms with Gasteiger partial charge in [-0.15, -0.1) is 0 Å². The van der Waals surface area contributed by atoms with Crippen molar-refractivity contribution in [3.05, 3.63) is 23.5 Å². The number of aryl methyl sites for hydroxylation is 1. The van der Waals surface area contributed by atoms with E-state index in [1.54, 1.807) is 0 Å². The van der Waals surface area contributed by atoms with Gasteiger partial charge in [0.25, 0.3) is 0 Å². The molecule has 1 saturated carbocycles. The molecule has 1 saturated heterocycles. The highest BCUT2D eigenvalue weighted by molar-refractivity contribution is 6.62. The van der Waals surface area contributed by atoms with E-state index in [9.17, 15) is 0 Å². The first-order valence-corrected chi connectivity index (χ1v) is 7.62. The molecule has 3 rings (SSSR count). The van der Waals surface area contributed by atoms with Crippen LogP contribution in [0.1, 0.15) is 64.1 Å². The van der Waals surface area contributed by atoms with Crippen molar-refractivity contribution in [2.75, 3.05) is 0 Å². The van der Waals surface area contributed by atoms with E-state index in [4.69, 9.17) is 9.31 Å². The average molecular weight is 273 g/mol. The molecular formula is C16H24BNO2. The molecule has 0 amide bonds. The van der Waals surface area contributed by atoms with Gasteiger partial charge in [0.1, 0.15) is 0 Å². The topological polar surface area (TPSA) is 31.4 Å². The molecule has 1 aliphatic heterocycles. The van der Waals surface area contributed by atoms with Gasteiger partial charge in [0, 0.05) is 17.8 Å². The van der Waals surface area contributed by atoms with Crippen LogP contribution in [-0.4, -0.2) is 23.3 Å². The standard InChI is InChI=1S/C16H24BNO2/c1-11-10-18-14(12-7-6-8-12)9-13(11)17-19-15(2,3)16(4,5)20-17/h9-10,12H,6-8H2,1-5H3. The molecule has 20 heavy (non-hydrogen) atoms. The summed E-state index contributed by atoms with van der Waals surface area (Å²) in [5.74, 6) is 0.636. The number of hydrogen-bond acceptors (Lipinski definition) is 3. The molecule has 2 aliphatic rings. The minimum absolute atomic E-state index is 0.276. The summed E-state index contributed by atoms with van der Waals surface area (Å²) in [5.41, 5.74) is 2.91. The van der Waals surface area contributed by atoms with E-state index in [0.717, 1.165) is 11.0 Å². The van der Waals surface area contributed by atoms with Crippen LogP contribution in [0.5, 0.6) is 0 Å². The Morgan fingerprint density at radius 2 is 1.75 bits per heavy atom. The fourth-order valence-corrected chi connectivity index (χ4v) is 2.71. The Balaban J connectivity index is 1.90. The lowest BCUT2D eigenvalue weighted by Crippen LogP contribution is -2.41. The molecule has 0 atom stereocenters. The largest absolute Gasteiger partial charge is 0.495 e. The first-order valence-electron chi connectivity index (χ1n) is 7.62. The Kier molecular flexibility index (Phi) is 3.22. The molecule has 108 valence electrons. The molecule has 0 N–H and O–H groups in total. The maximum atomic E-state index is 6.17. The van der Waals surface area contributed by atoms with Crippen molar-refractivity contribution >= 4 is 12.6 Å². The van der Waals surface area contributed by atoms with Crippen LogP contribution < -0.4 is 5.46 Å². The van der Waals surface area contributed by atoms with Crippen molar-refractivity contribution in [2.45, 2.75) is 71.0 Å². The van der Waals surface area contributed by atoms with Gasteiger partial charge < -0.3 is 9.31 Å². The third-order valence-electron chi connectivity index (χ3n) is 5.20. The van der Waals surface area contributed by atoms with E-state index in [0.29, 0.717) is 5.92 Å². The summed E-state index contributed by atoms with van der Waals surface area (Å²) < 4.78 is 12.3. The second kappa shape index (κ2) is 4.57. The van der Waals surface area contributed by atoms with Crippen LogP contribution in [0.4, 0.5) is 0 Å². The molecule has 4 heteroatoms. The SMILES string of the molecule is Cc1cnc(C2CCC2)cc1B1OC(C)(C)C(C)(C)O1. The van der Waals surface area contributed by atoms with Crippen LogP contribution in [0.15, 0.2) is 12.3 Å². The van der Waals surface area contributed by atoms with E-state index in [1.807, 2.05) is 6.20 Å². The zero-order valence-electron chi connectivity index (χ0n) is 13.2. The normalized spacial score (nSPS) is 24.8. The lowest BCUT2D eigenvalue weighted by molar-refractivity contribution is 0.00578. The Morgan fingerprint density at radius 3 is 2.25 bits per heavy atom. The predicted octanol–water partition coefficient (Wildman–Crippen LogP) is 2.96. The van der Waals surface area contributed by atoms with Crippen molar-refractivity contribution in [1.82, 2.24) is 4.98 Å². The van der Waals surface area contributed by atoms with Crippen LogP contribution >= 0.6 is 0 Å². The fraction of sp³-hybridized carbons (Fsp3) is 0.688. The number of nitrogens with zero attached hydrogens (tertiary/aromatic N) is 1.